The van der Waals surface area contributed by atoms with Crippen molar-refractivity contribution in [2.24, 2.45) is 22.7 Å². The van der Waals surface area contributed by atoms with Crippen LogP contribution in [0.25, 0.3) is 0 Å². The van der Waals surface area contributed by atoms with Crippen molar-refractivity contribution >= 4 is 11.9 Å². The Balaban J connectivity index is 2.16. The average Bonchev–Trinajstić information content (AvgIpc) is 2.56. The summed E-state index contributed by atoms with van der Waals surface area (Å²) < 4.78 is 5.00. The third-order valence-electron chi connectivity index (χ3n) is 7.05. The van der Waals surface area contributed by atoms with E-state index in [1.165, 1.54) is 18.1 Å². The van der Waals surface area contributed by atoms with E-state index in [0.717, 1.165) is 38.5 Å². The third kappa shape index (κ3) is 4.05. The summed E-state index contributed by atoms with van der Waals surface area (Å²) in [5.41, 5.74) is 2.00. The standard InChI is InChI=1S/C22H34O4/c1-15(11-14-26-17(3)23)10-13-21(4)16(2)8-9-19-18(21)7-6-12-22(19,5)20(24)25/h7,11,16,19H,6,8-10,12-14H2,1-5H3,(H,24,25)/b15-11+/t16-,19+,21+,22+/m1/s1. The van der Waals surface area contributed by atoms with Gasteiger partial charge >= 0.3 is 11.9 Å². The lowest BCUT2D eigenvalue weighted by atomic mass is 9.51. The number of rotatable bonds is 6. The predicted octanol–water partition coefficient (Wildman–Crippen LogP) is 5.14. The van der Waals surface area contributed by atoms with Gasteiger partial charge in [0.1, 0.15) is 6.61 Å². The molecule has 2 aliphatic carbocycles. The minimum absolute atomic E-state index is 0.0383. The molecule has 26 heavy (non-hydrogen) atoms. The first kappa shape index (κ1) is 20.7. The van der Waals surface area contributed by atoms with Crippen molar-refractivity contribution in [3.8, 4) is 0 Å². The predicted molar refractivity (Wildman–Crippen MR) is 103 cm³/mol. The van der Waals surface area contributed by atoms with E-state index in [0.29, 0.717) is 12.5 Å². The molecule has 0 unspecified atom stereocenters. The lowest BCUT2D eigenvalue weighted by Gasteiger charge is -2.52. The van der Waals surface area contributed by atoms with Gasteiger partial charge in [0.25, 0.3) is 0 Å². The van der Waals surface area contributed by atoms with Crippen molar-refractivity contribution in [2.75, 3.05) is 6.61 Å². The monoisotopic (exact) mass is 362 g/mol. The van der Waals surface area contributed by atoms with Gasteiger partial charge in [-0.3, -0.25) is 9.59 Å². The zero-order valence-electron chi connectivity index (χ0n) is 16.9. The number of hydrogen-bond donors (Lipinski definition) is 1. The molecule has 146 valence electrons. The van der Waals surface area contributed by atoms with Gasteiger partial charge in [0.15, 0.2) is 0 Å². The Kier molecular flexibility index (Phi) is 6.36. The Morgan fingerprint density at radius 2 is 2.00 bits per heavy atom. The van der Waals surface area contributed by atoms with E-state index in [1.807, 2.05) is 13.0 Å². The first-order valence-electron chi connectivity index (χ1n) is 9.84. The molecular formula is C22H34O4. The van der Waals surface area contributed by atoms with Crippen molar-refractivity contribution in [1.82, 2.24) is 0 Å². The van der Waals surface area contributed by atoms with Gasteiger partial charge in [0.05, 0.1) is 5.41 Å². The van der Waals surface area contributed by atoms with Gasteiger partial charge in [0, 0.05) is 6.92 Å². The summed E-state index contributed by atoms with van der Waals surface area (Å²) in [5, 5.41) is 9.85. The van der Waals surface area contributed by atoms with Crippen LogP contribution >= 0.6 is 0 Å². The number of carbonyl (C=O) groups excluding carboxylic acids is 1. The molecule has 1 fully saturated rings. The number of carbonyl (C=O) groups is 2. The number of aliphatic carboxylic acids is 1. The van der Waals surface area contributed by atoms with Crippen LogP contribution in [-0.4, -0.2) is 23.7 Å². The highest BCUT2D eigenvalue weighted by molar-refractivity contribution is 5.75. The van der Waals surface area contributed by atoms with E-state index in [4.69, 9.17) is 4.74 Å². The van der Waals surface area contributed by atoms with Crippen LogP contribution in [0.2, 0.25) is 0 Å². The number of fused-ring (bicyclic) bond motifs is 1. The summed E-state index contributed by atoms with van der Waals surface area (Å²) in [7, 11) is 0. The van der Waals surface area contributed by atoms with Gasteiger partial charge in [-0.15, -0.1) is 0 Å². The molecule has 2 aliphatic rings. The summed E-state index contributed by atoms with van der Waals surface area (Å²) in [4.78, 5) is 22.9. The van der Waals surface area contributed by atoms with E-state index in [1.54, 1.807) is 0 Å². The molecule has 0 aliphatic heterocycles. The van der Waals surface area contributed by atoms with Gasteiger partial charge in [-0.05, 0) is 75.7 Å². The molecule has 1 saturated carbocycles. The Hall–Kier alpha value is -1.58. The maximum Gasteiger partial charge on any atom is 0.309 e. The molecule has 0 spiro atoms. The zero-order valence-corrected chi connectivity index (χ0v) is 16.9. The zero-order chi connectivity index (χ0) is 19.5. The van der Waals surface area contributed by atoms with Crippen LogP contribution < -0.4 is 0 Å². The van der Waals surface area contributed by atoms with Crippen LogP contribution in [0.1, 0.15) is 73.1 Å². The van der Waals surface area contributed by atoms with Gasteiger partial charge in [-0.1, -0.05) is 31.1 Å². The Labute approximate surface area is 157 Å². The van der Waals surface area contributed by atoms with Gasteiger partial charge in [-0.25, -0.2) is 0 Å². The SMILES string of the molecule is CC(=O)OC/C=C(\C)CC[C@]1(C)C2=CCC[C@](C)(C(=O)O)[C@H]2CC[C@H]1C. The number of carboxylic acid groups (broad SMARTS) is 1. The van der Waals surface area contributed by atoms with E-state index in [9.17, 15) is 14.7 Å². The third-order valence-corrected chi connectivity index (χ3v) is 7.05. The van der Waals surface area contributed by atoms with Crippen LogP contribution in [0.15, 0.2) is 23.3 Å². The van der Waals surface area contributed by atoms with Gasteiger partial charge in [-0.2, -0.15) is 0 Å². The van der Waals surface area contributed by atoms with E-state index >= 15 is 0 Å². The first-order chi connectivity index (χ1) is 12.1. The second kappa shape index (κ2) is 7.98. The fourth-order valence-electron chi connectivity index (χ4n) is 4.82. The van der Waals surface area contributed by atoms with Gasteiger partial charge < -0.3 is 9.84 Å². The quantitative estimate of drug-likeness (QED) is 0.525. The summed E-state index contributed by atoms with van der Waals surface area (Å²) in [6, 6.07) is 0. The Morgan fingerprint density at radius 1 is 1.31 bits per heavy atom. The Bertz CT molecular complexity index is 618. The smallest absolute Gasteiger partial charge is 0.309 e. The maximum absolute atomic E-state index is 12.0. The van der Waals surface area contributed by atoms with E-state index in [2.05, 4.69) is 26.8 Å². The molecule has 0 heterocycles. The number of allylic oxidation sites excluding steroid dienone is 3. The number of carboxylic acids is 1. The van der Waals surface area contributed by atoms with Crippen LogP contribution in [0.3, 0.4) is 0 Å². The molecule has 0 aromatic rings. The minimum Gasteiger partial charge on any atom is -0.481 e. The molecule has 0 aromatic carbocycles. The maximum atomic E-state index is 12.0. The summed E-state index contributed by atoms with van der Waals surface area (Å²) in [6.07, 6.45) is 9.92. The van der Waals surface area contributed by atoms with Crippen LogP contribution in [0.5, 0.6) is 0 Å². The second-order valence-corrected chi connectivity index (χ2v) is 8.72. The molecule has 0 radical (unpaired) electrons. The topological polar surface area (TPSA) is 63.6 Å². The van der Waals surface area contributed by atoms with E-state index < -0.39 is 11.4 Å². The fourth-order valence-corrected chi connectivity index (χ4v) is 4.82. The lowest BCUT2D eigenvalue weighted by Crippen LogP contribution is -2.47. The summed E-state index contributed by atoms with van der Waals surface area (Å²) >= 11 is 0. The molecular weight excluding hydrogens is 328 g/mol. The second-order valence-electron chi connectivity index (χ2n) is 8.72. The molecule has 0 amide bonds. The van der Waals surface area contributed by atoms with Crippen molar-refractivity contribution < 1.29 is 19.4 Å². The Morgan fingerprint density at radius 3 is 2.62 bits per heavy atom. The molecule has 4 nitrogen and oxygen atoms in total. The molecule has 4 atom stereocenters. The first-order valence-corrected chi connectivity index (χ1v) is 9.84. The highest BCUT2D eigenvalue weighted by atomic mass is 16.5. The van der Waals surface area contributed by atoms with Crippen molar-refractivity contribution in [1.29, 1.82) is 0 Å². The highest BCUT2D eigenvalue weighted by Gasteiger charge is 2.52. The fraction of sp³-hybridized carbons (Fsp3) is 0.727. The molecule has 0 bridgehead atoms. The van der Waals surface area contributed by atoms with Crippen molar-refractivity contribution in [3.63, 3.8) is 0 Å². The van der Waals surface area contributed by atoms with E-state index in [-0.39, 0.29) is 17.3 Å². The molecule has 1 N–H and O–H groups in total. The molecule has 2 rings (SSSR count). The van der Waals surface area contributed by atoms with Crippen LogP contribution in [-0.2, 0) is 14.3 Å². The number of ether oxygens (including phenoxy) is 1. The summed E-state index contributed by atoms with van der Waals surface area (Å²) in [6.45, 7) is 10.4. The normalized spacial score (nSPS) is 34.7. The average molecular weight is 363 g/mol. The number of esters is 1. The van der Waals surface area contributed by atoms with Crippen LogP contribution in [0, 0.1) is 22.7 Å². The van der Waals surface area contributed by atoms with Gasteiger partial charge in [0.2, 0.25) is 0 Å². The molecule has 4 heteroatoms. The van der Waals surface area contributed by atoms with Crippen molar-refractivity contribution in [2.45, 2.75) is 73.1 Å². The lowest BCUT2D eigenvalue weighted by molar-refractivity contribution is -0.153. The molecule has 0 saturated heterocycles. The highest BCUT2D eigenvalue weighted by Crippen LogP contribution is 2.58. The largest absolute Gasteiger partial charge is 0.481 e. The minimum atomic E-state index is -0.650. The number of hydrogen-bond acceptors (Lipinski definition) is 3. The molecule has 0 aromatic heterocycles. The van der Waals surface area contributed by atoms with Crippen molar-refractivity contribution in [3.05, 3.63) is 23.3 Å². The van der Waals surface area contributed by atoms with Crippen LogP contribution in [0.4, 0.5) is 0 Å². The summed E-state index contributed by atoms with van der Waals surface area (Å²) in [5.74, 6) is -0.213.